The number of aliphatic hydroxyl groups is 2. The predicted octanol–water partition coefficient (Wildman–Crippen LogP) is 1.00. The molecular weight excluding hydrogens is 194 g/mol. The first-order valence-corrected chi connectivity index (χ1v) is 4.56. The maximum Gasteiger partial charge on any atom is 0.118 e. The van der Waals surface area contributed by atoms with E-state index in [1.165, 1.54) is 0 Å². The van der Waals surface area contributed by atoms with Crippen molar-refractivity contribution >= 4 is 0 Å². The number of methoxy groups -OCH3 is 1. The highest BCUT2D eigenvalue weighted by molar-refractivity contribution is 5.28. The summed E-state index contributed by atoms with van der Waals surface area (Å²) in [7, 11) is 1.55. The lowest BCUT2D eigenvalue weighted by atomic mass is 10.0. The molecule has 0 aromatic heterocycles. The van der Waals surface area contributed by atoms with Gasteiger partial charge in [-0.25, -0.2) is 0 Å². The molecule has 80 valence electrons. The molecule has 0 heterocycles. The van der Waals surface area contributed by atoms with E-state index in [2.05, 4.69) is 0 Å². The third-order valence-electron chi connectivity index (χ3n) is 2.12. The highest BCUT2D eigenvalue weighted by Crippen LogP contribution is 2.21. The Morgan fingerprint density at radius 3 is 2.40 bits per heavy atom. The lowest BCUT2D eigenvalue weighted by molar-refractivity contribution is 0.0216. The normalized spacial score (nSPS) is 14.0. The lowest BCUT2D eigenvalue weighted by Crippen LogP contribution is -2.17. The Labute approximate surface area is 88.4 Å². The summed E-state index contributed by atoms with van der Waals surface area (Å²) in [6, 6.07) is 8.50. The third-order valence-corrected chi connectivity index (χ3v) is 2.12. The molecule has 1 rings (SSSR count). The van der Waals surface area contributed by atoms with Crippen LogP contribution in [-0.4, -0.2) is 23.4 Å². The number of nitriles is 1. The average Bonchev–Trinajstić information content (AvgIpc) is 2.28. The third kappa shape index (κ3) is 2.94. The molecule has 0 bridgehead atoms. The van der Waals surface area contributed by atoms with Crippen molar-refractivity contribution in [3.63, 3.8) is 0 Å². The Morgan fingerprint density at radius 2 is 1.93 bits per heavy atom. The molecule has 0 fully saturated rings. The highest BCUT2D eigenvalue weighted by Gasteiger charge is 2.17. The SMILES string of the molecule is COc1ccc(C(O)C(O)CC#N)cc1. The summed E-state index contributed by atoms with van der Waals surface area (Å²) in [6.45, 7) is 0. The largest absolute Gasteiger partial charge is 0.497 e. The topological polar surface area (TPSA) is 73.5 Å². The summed E-state index contributed by atoms with van der Waals surface area (Å²) < 4.78 is 4.96. The van der Waals surface area contributed by atoms with Crippen molar-refractivity contribution < 1.29 is 14.9 Å². The van der Waals surface area contributed by atoms with Gasteiger partial charge in [0, 0.05) is 0 Å². The quantitative estimate of drug-likeness (QED) is 0.772. The first kappa shape index (κ1) is 11.5. The molecule has 1 aromatic carbocycles. The Bertz CT molecular complexity index is 342. The Kier molecular flexibility index (Phi) is 4.10. The van der Waals surface area contributed by atoms with Crippen molar-refractivity contribution in [2.45, 2.75) is 18.6 Å². The molecule has 0 spiro atoms. The molecule has 0 amide bonds. The summed E-state index contributed by atoms with van der Waals surface area (Å²) in [4.78, 5) is 0. The second-order valence-electron chi connectivity index (χ2n) is 3.15. The van der Waals surface area contributed by atoms with Crippen LogP contribution in [-0.2, 0) is 0 Å². The number of benzene rings is 1. The summed E-state index contributed by atoms with van der Waals surface area (Å²) >= 11 is 0. The molecule has 2 unspecified atom stereocenters. The highest BCUT2D eigenvalue weighted by atomic mass is 16.5. The van der Waals surface area contributed by atoms with Crippen molar-refractivity contribution in [1.82, 2.24) is 0 Å². The van der Waals surface area contributed by atoms with E-state index in [0.717, 1.165) is 0 Å². The fourth-order valence-electron chi connectivity index (χ4n) is 1.23. The second kappa shape index (κ2) is 5.35. The molecule has 0 saturated carbocycles. The Morgan fingerprint density at radius 1 is 1.33 bits per heavy atom. The molecule has 0 aliphatic carbocycles. The summed E-state index contributed by atoms with van der Waals surface area (Å²) in [5.41, 5.74) is 0.568. The van der Waals surface area contributed by atoms with Crippen LogP contribution in [0.1, 0.15) is 18.1 Å². The van der Waals surface area contributed by atoms with Gasteiger partial charge in [0.25, 0.3) is 0 Å². The molecule has 2 N–H and O–H groups in total. The zero-order chi connectivity index (χ0) is 11.3. The zero-order valence-electron chi connectivity index (χ0n) is 8.42. The molecular formula is C11H13NO3. The lowest BCUT2D eigenvalue weighted by Gasteiger charge is -2.15. The fraction of sp³-hybridized carbons (Fsp3) is 0.364. The first-order valence-electron chi connectivity index (χ1n) is 4.56. The predicted molar refractivity (Wildman–Crippen MR) is 54.2 cm³/mol. The van der Waals surface area contributed by atoms with Crippen LogP contribution in [0.25, 0.3) is 0 Å². The zero-order valence-corrected chi connectivity index (χ0v) is 8.42. The van der Waals surface area contributed by atoms with Gasteiger partial charge >= 0.3 is 0 Å². The van der Waals surface area contributed by atoms with Crippen LogP contribution >= 0.6 is 0 Å². The van der Waals surface area contributed by atoms with Gasteiger partial charge < -0.3 is 14.9 Å². The molecule has 1 aromatic rings. The van der Waals surface area contributed by atoms with Crippen molar-refractivity contribution in [3.05, 3.63) is 29.8 Å². The van der Waals surface area contributed by atoms with Crippen LogP contribution in [0.15, 0.2) is 24.3 Å². The first-order chi connectivity index (χ1) is 7.19. The van der Waals surface area contributed by atoms with E-state index in [9.17, 15) is 10.2 Å². The van der Waals surface area contributed by atoms with E-state index in [-0.39, 0.29) is 6.42 Å². The van der Waals surface area contributed by atoms with Gasteiger partial charge in [-0.2, -0.15) is 5.26 Å². The Balaban J connectivity index is 2.74. The molecule has 4 heteroatoms. The molecule has 0 radical (unpaired) electrons. The number of hydrogen-bond acceptors (Lipinski definition) is 4. The van der Waals surface area contributed by atoms with E-state index in [0.29, 0.717) is 11.3 Å². The van der Waals surface area contributed by atoms with Crippen LogP contribution in [0.2, 0.25) is 0 Å². The van der Waals surface area contributed by atoms with Gasteiger partial charge in [0.1, 0.15) is 11.9 Å². The van der Waals surface area contributed by atoms with Crippen LogP contribution in [0.3, 0.4) is 0 Å². The molecule has 0 saturated heterocycles. The summed E-state index contributed by atoms with van der Waals surface area (Å²) in [5.74, 6) is 0.681. The maximum atomic E-state index is 9.64. The van der Waals surface area contributed by atoms with Gasteiger partial charge in [-0.15, -0.1) is 0 Å². The van der Waals surface area contributed by atoms with Crippen molar-refractivity contribution in [1.29, 1.82) is 5.26 Å². The van der Waals surface area contributed by atoms with E-state index in [4.69, 9.17) is 10.00 Å². The van der Waals surface area contributed by atoms with Gasteiger partial charge in [0.15, 0.2) is 0 Å². The molecule has 15 heavy (non-hydrogen) atoms. The molecule has 0 aliphatic heterocycles. The Hall–Kier alpha value is -1.57. The number of hydrogen-bond donors (Lipinski definition) is 2. The van der Waals surface area contributed by atoms with E-state index in [1.807, 2.05) is 0 Å². The van der Waals surface area contributed by atoms with E-state index >= 15 is 0 Å². The van der Waals surface area contributed by atoms with Crippen molar-refractivity contribution in [3.8, 4) is 11.8 Å². The maximum absolute atomic E-state index is 9.64. The van der Waals surface area contributed by atoms with Gasteiger partial charge in [-0.3, -0.25) is 0 Å². The standard InChI is InChI=1S/C11H13NO3/c1-15-9-4-2-8(3-5-9)11(14)10(13)6-7-12/h2-5,10-11,13-14H,6H2,1H3. The monoisotopic (exact) mass is 207 g/mol. The van der Waals surface area contributed by atoms with Gasteiger partial charge in [-0.05, 0) is 17.7 Å². The second-order valence-corrected chi connectivity index (χ2v) is 3.15. The minimum atomic E-state index is -1.05. The number of nitrogens with zero attached hydrogens (tertiary/aromatic N) is 1. The summed E-state index contributed by atoms with van der Waals surface area (Å²) in [5, 5.41) is 27.4. The number of aliphatic hydroxyl groups excluding tert-OH is 2. The van der Waals surface area contributed by atoms with Crippen LogP contribution in [0, 0.1) is 11.3 Å². The number of rotatable bonds is 4. The van der Waals surface area contributed by atoms with Gasteiger partial charge in [0.2, 0.25) is 0 Å². The van der Waals surface area contributed by atoms with E-state index < -0.39 is 12.2 Å². The van der Waals surface area contributed by atoms with Crippen LogP contribution in [0.4, 0.5) is 0 Å². The number of ether oxygens (including phenoxy) is 1. The van der Waals surface area contributed by atoms with Crippen LogP contribution in [0.5, 0.6) is 5.75 Å². The van der Waals surface area contributed by atoms with Crippen molar-refractivity contribution in [2.24, 2.45) is 0 Å². The average molecular weight is 207 g/mol. The van der Waals surface area contributed by atoms with Crippen molar-refractivity contribution in [2.75, 3.05) is 7.11 Å². The molecule has 0 aliphatic rings. The van der Waals surface area contributed by atoms with E-state index in [1.54, 1.807) is 37.4 Å². The smallest absolute Gasteiger partial charge is 0.118 e. The fourth-order valence-corrected chi connectivity index (χ4v) is 1.23. The summed E-state index contributed by atoms with van der Waals surface area (Å²) in [6.07, 6.45) is -2.17. The minimum absolute atomic E-state index is 0.0901. The minimum Gasteiger partial charge on any atom is -0.497 e. The van der Waals surface area contributed by atoms with Gasteiger partial charge in [0.05, 0.1) is 25.7 Å². The van der Waals surface area contributed by atoms with Gasteiger partial charge in [-0.1, -0.05) is 12.1 Å². The molecule has 2 atom stereocenters. The molecule has 4 nitrogen and oxygen atoms in total. The van der Waals surface area contributed by atoms with Crippen LogP contribution < -0.4 is 4.74 Å².